The Labute approximate surface area is 73.3 Å². The van der Waals surface area contributed by atoms with E-state index in [1.165, 1.54) is 0 Å². The van der Waals surface area contributed by atoms with E-state index in [2.05, 4.69) is 15.6 Å². The van der Waals surface area contributed by atoms with Crippen molar-refractivity contribution in [1.29, 1.82) is 0 Å². The SMILES string of the molecule is NCC(=[Se])CC[C@H](N)C(=O)O. The summed E-state index contributed by atoms with van der Waals surface area (Å²) in [6.07, 6.45) is 1.08. The summed E-state index contributed by atoms with van der Waals surface area (Å²) in [6, 6.07) is -0.773. The first kappa shape index (κ1) is 10.8. The fourth-order valence-electron chi connectivity index (χ4n) is 0.542. The molecule has 0 saturated carbocycles. The summed E-state index contributed by atoms with van der Waals surface area (Å²) in [5, 5.41) is 8.39. The molecule has 0 amide bonds. The molecule has 0 spiro atoms. The number of nitrogens with two attached hydrogens (primary N) is 2. The van der Waals surface area contributed by atoms with Crippen molar-refractivity contribution in [2.45, 2.75) is 18.9 Å². The molecule has 5 heteroatoms. The van der Waals surface area contributed by atoms with Crippen LogP contribution in [0, 0.1) is 0 Å². The third-order valence-electron chi connectivity index (χ3n) is 1.28. The van der Waals surface area contributed by atoms with Crippen LogP contribution >= 0.6 is 0 Å². The van der Waals surface area contributed by atoms with E-state index in [0.717, 1.165) is 4.42 Å². The number of carboxylic acid groups (broad SMARTS) is 1. The van der Waals surface area contributed by atoms with Crippen molar-refractivity contribution in [3.8, 4) is 0 Å². The van der Waals surface area contributed by atoms with Crippen molar-refractivity contribution in [1.82, 2.24) is 0 Å². The quantitative estimate of drug-likeness (QED) is 0.494. The molecule has 0 aromatic carbocycles. The van der Waals surface area contributed by atoms with Crippen LogP contribution in [0.4, 0.5) is 0 Å². The number of rotatable bonds is 5. The standard InChI is InChI=1S/C6H12N2O2Se/c7-3-4(11)1-2-5(8)6(9)10/h5H,1-3,7-8H2,(H,9,10)/t5-/m0/s1. The molecular formula is C6H12N2O2Se. The topological polar surface area (TPSA) is 89.3 Å². The molecule has 0 aromatic rings. The third-order valence-corrected chi connectivity index (χ3v) is 2.06. The van der Waals surface area contributed by atoms with Gasteiger partial charge in [-0.25, -0.2) is 0 Å². The summed E-state index contributed by atoms with van der Waals surface area (Å²) in [5.74, 6) is -0.963. The van der Waals surface area contributed by atoms with Gasteiger partial charge in [0.1, 0.15) is 0 Å². The van der Waals surface area contributed by atoms with E-state index in [4.69, 9.17) is 16.6 Å². The van der Waals surface area contributed by atoms with Gasteiger partial charge >= 0.3 is 72.8 Å². The molecule has 0 aliphatic carbocycles. The van der Waals surface area contributed by atoms with E-state index in [1.54, 1.807) is 0 Å². The summed E-state index contributed by atoms with van der Waals surface area (Å²) >= 11 is 2.76. The molecule has 4 nitrogen and oxygen atoms in total. The molecule has 1 atom stereocenters. The van der Waals surface area contributed by atoms with Gasteiger partial charge in [0.25, 0.3) is 0 Å². The maximum atomic E-state index is 10.2. The van der Waals surface area contributed by atoms with Crippen molar-refractivity contribution >= 4 is 26.0 Å². The molecule has 0 unspecified atom stereocenters. The van der Waals surface area contributed by atoms with Gasteiger partial charge in [-0.3, -0.25) is 0 Å². The molecule has 0 aromatic heterocycles. The second kappa shape index (κ2) is 5.43. The molecule has 0 radical (unpaired) electrons. The predicted molar refractivity (Wildman–Crippen MR) is 44.7 cm³/mol. The van der Waals surface area contributed by atoms with Gasteiger partial charge in [-0.05, 0) is 0 Å². The summed E-state index contributed by atoms with van der Waals surface area (Å²) in [6.45, 7) is 0.451. The van der Waals surface area contributed by atoms with Crippen LogP contribution in [0.2, 0.25) is 0 Å². The molecular weight excluding hydrogens is 211 g/mol. The Balaban J connectivity index is 3.54. The second-order valence-electron chi connectivity index (χ2n) is 2.23. The Morgan fingerprint density at radius 1 is 1.64 bits per heavy atom. The fourth-order valence-corrected chi connectivity index (χ4v) is 0.789. The van der Waals surface area contributed by atoms with Crippen molar-refractivity contribution < 1.29 is 9.90 Å². The third kappa shape index (κ3) is 5.09. The zero-order valence-corrected chi connectivity index (χ0v) is 7.83. The average Bonchev–Trinajstić information content (AvgIpc) is 1.99. The summed E-state index contributed by atoms with van der Waals surface area (Å²) in [5.41, 5.74) is 10.5. The molecule has 5 N–H and O–H groups in total. The minimum atomic E-state index is -0.963. The summed E-state index contributed by atoms with van der Waals surface area (Å²) in [4.78, 5) is 10.2. The van der Waals surface area contributed by atoms with Gasteiger partial charge in [-0.1, -0.05) is 0 Å². The number of aliphatic carboxylic acids is 1. The zero-order valence-electron chi connectivity index (χ0n) is 6.12. The van der Waals surface area contributed by atoms with Crippen LogP contribution in [0.1, 0.15) is 12.8 Å². The molecule has 0 saturated heterocycles. The van der Waals surface area contributed by atoms with Crippen molar-refractivity contribution in [2.75, 3.05) is 6.54 Å². The van der Waals surface area contributed by atoms with Gasteiger partial charge in [0, 0.05) is 0 Å². The Kier molecular flexibility index (Phi) is 5.32. The van der Waals surface area contributed by atoms with E-state index in [1.807, 2.05) is 0 Å². The molecule has 11 heavy (non-hydrogen) atoms. The van der Waals surface area contributed by atoms with Gasteiger partial charge in [0.2, 0.25) is 0 Å². The number of carbonyl (C=O) groups is 1. The van der Waals surface area contributed by atoms with Crippen molar-refractivity contribution in [3.63, 3.8) is 0 Å². The molecule has 0 bridgehead atoms. The fraction of sp³-hybridized carbons (Fsp3) is 0.667. The van der Waals surface area contributed by atoms with Gasteiger partial charge in [0.05, 0.1) is 0 Å². The molecule has 0 heterocycles. The predicted octanol–water partition coefficient (Wildman–Crippen LogP) is -1.52. The second-order valence-corrected chi connectivity index (χ2v) is 3.44. The molecule has 0 fully saturated rings. The van der Waals surface area contributed by atoms with Crippen LogP contribution in [-0.2, 0) is 4.79 Å². The van der Waals surface area contributed by atoms with Crippen LogP contribution in [0.25, 0.3) is 0 Å². The summed E-state index contributed by atoms with van der Waals surface area (Å²) < 4.78 is 0.960. The monoisotopic (exact) mass is 224 g/mol. The van der Waals surface area contributed by atoms with E-state index < -0.39 is 12.0 Å². The van der Waals surface area contributed by atoms with Crippen molar-refractivity contribution in [2.24, 2.45) is 11.5 Å². The first-order valence-electron chi connectivity index (χ1n) is 3.28. The Bertz CT molecular complexity index is 161. The molecule has 0 aliphatic rings. The van der Waals surface area contributed by atoms with Crippen LogP contribution in [-0.4, -0.2) is 43.7 Å². The van der Waals surface area contributed by atoms with Gasteiger partial charge in [-0.15, -0.1) is 0 Å². The van der Waals surface area contributed by atoms with Gasteiger partial charge in [0.15, 0.2) is 0 Å². The van der Waals surface area contributed by atoms with E-state index in [9.17, 15) is 4.79 Å². The number of hydrogen-bond donors (Lipinski definition) is 3. The van der Waals surface area contributed by atoms with Gasteiger partial charge in [-0.2, -0.15) is 0 Å². The molecule has 64 valence electrons. The van der Waals surface area contributed by atoms with Gasteiger partial charge < -0.3 is 0 Å². The Morgan fingerprint density at radius 3 is 2.55 bits per heavy atom. The average molecular weight is 223 g/mol. The Morgan fingerprint density at radius 2 is 2.18 bits per heavy atom. The first-order chi connectivity index (χ1) is 5.07. The summed E-state index contributed by atoms with van der Waals surface area (Å²) in [7, 11) is 0. The van der Waals surface area contributed by atoms with Crippen LogP contribution in [0.15, 0.2) is 0 Å². The minimum absolute atomic E-state index is 0.439. The number of carboxylic acids is 1. The van der Waals surface area contributed by atoms with Crippen LogP contribution in [0.3, 0.4) is 0 Å². The number of hydrogen-bond acceptors (Lipinski definition) is 3. The first-order valence-corrected chi connectivity index (χ1v) is 4.13. The molecule has 0 rings (SSSR count). The van der Waals surface area contributed by atoms with E-state index in [-0.39, 0.29) is 0 Å². The Hall–Kier alpha value is -0.221. The maximum absolute atomic E-state index is 10.2. The normalized spacial score (nSPS) is 12.5. The molecule has 0 aliphatic heterocycles. The van der Waals surface area contributed by atoms with E-state index >= 15 is 0 Å². The van der Waals surface area contributed by atoms with Crippen molar-refractivity contribution in [3.05, 3.63) is 0 Å². The van der Waals surface area contributed by atoms with Crippen LogP contribution in [0.5, 0.6) is 0 Å². The van der Waals surface area contributed by atoms with Crippen LogP contribution < -0.4 is 11.5 Å². The van der Waals surface area contributed by atoms with E-state index in [0.29, 0.717) is 19.4 Å². The zero-order chi connectivity index (χ0) is 8.85.